The van der Waals surface area contributed by atoms with E-state index in [0.29, 0.717) is 19.1 Å². The molecule has 26 heavy (non-hydrogen) atoms. The summed E-state index contributed by atoms with van der Waals surface area (Å²) in [5.41, 5.74) is 3.43. The van der Waals surface area contributed by atoms with Crippen LogP contribution in [0.5, 0.6) is 5.75 Å². The van der Waals surface area contributed by atoms with Crippen LogP contribution in [-0.2, 0) is 11.2 Å². The highest BCUT2D eigenvalue weighted by molar-refractivity contribution is 5.93. The van der Waals surface area contributed by atoms with Crippen LogP contribution in [0, 0.1) is 0 Å². The van der Waals surface area contributed by atoms with Crippen molar-refractivity contribution in [2.75, 3.05) is 38.1 Å². The number of aryl methyl sites for hydroxylation is 1. The van der Waals surface area contributed by atoms with Gasteiger partial charge in [0, 0.05) is 44.3 Å². The van der Waals surface area contributed by atoms with Crippen molar-refractivity contribution in [3.63, 3.8) is 0 Å². The predicted octanol–water partition coefficient (Wildman–Crippen LogP) is 2.60. The number of benzene rings is 2. The van der Waals surface area contributed by atoms with Gasteiger partial charge in [0.2, 0.25) is 5.91 Å². The molecule has 1 fully saturated rings. The number of rotatable bonds is 5. The fourth-order valence-electron chi connectivity index (χ4n) is 3.75. The smallest absolute Gasteiger partial charge is 0.224 e. The number of fused-ring (bicyclic) bond motifs is 1. The summed E-state index contributed by atoms with van der Waals surface area (Å²) in [6, 6.07) is 17.0. The second-order valence-electron chi connectivity index (χ2n) is 6.88. The number of carbonyl (C=O) groups is 1. The summed E-state index contributed by atoms with van der Waals surface area (Å²) >= 11 is 0. The summed E-state index contributed by atoms with van der Waals surface area (Å²) in [5.74, 6) is 0.975. The van der Waals surface area contributed by atoms with Gasteiger partial charge in [0.1, 0.15) is 12.4 Å². The number of ether oxygens (including phenoxy) is 1. The molecule has 136 valence electrons. The fourth-order valence-corrected chi connectivity index (χ4v) is 3.75. The molecule has 0 aliphatic carbocycles. The Morgan fingerprint density at radius 3 is 2.88 bits per heavy atom. The molecule has 5 nitrogen and oxygen atoms in total. The summed E-state index contributed by atoms with van der Waals surface area (Å²) in [5, 5.41) is 6.40. The third kappa shape index (κ3) is 3.89. The minimum Gasteiger partial charge on any atom is -0.492 e. The van der Waals surface area contributed by atoms with Gasteiger partial charge in [-0.25, -0.2) is 0 Å². The van der Waals surface area contributed by atoms with Crippen LogP contribution < -0.4 is 15.4 Å². The SMILES string of the molecule is O=C1CCc2cc(OCCN3CCNCC3c3ccccc3)ccc2N1. The maximum absolute atomic E-state index is 11.5. The lowest BCUT2D eigenvalue weighted by molar-refractivity contribution is -0.116. The minimum atomic E-state index is 0.0943. The minimum absolute atomic E-state index is 0.0943. The van der Waals surface area contributed by atoms with Crippen LogP contribution in [-0.4, -0.2) is 43.6 Å². The Bertz CT molecular complexity index is 763. The van der Waals surface area contributed by atoms with Crippen LogP contribution in [0.2, 0.25) is 0 Å². The zero-order valence-corrected chi connectivity index (χ0v) is 14.9. The predicted molar refractivity (Wildman–Crippen MR) is 103 cm³/mol. The first-order valence-corrected chi connectivity index (χ1v) is 9.35. The van der Waals surface area contributed by atoms with Crippen LogP contribution >= 0.6 is 0 Å². The third-order valence-electron chi connectivity index (χ3n) is 5.16. The Morgan fingerprint density at radius 1 is 1.12 bits per heavy atom. The molecule has 1 saturated heterocycles. The largest absolute Gasteiger partial charge is 0.492 e. The number of carbonyl (C=O) groups excluding carboxylic acids is 1. The van der Waals surface area contributed by atoms with Crippen LogP contribution in [0.25, 0.3) is 0 Å². The standard InChI is InChI=1S/C21H25N3O2/c25-21-9-6-17-14-18(7-8-19(17)23-21)26-13-12-24-11-10-22-15-20(24)16-4-2-1-3-5-16/h1-5,7-8,14,20,22H,6,9-13,15H2,(H,23,25). The maximum atomic E-state index is 11.5. The molecule has 0 bridgehead atoms. The number of nitrogens with zero attached hydrogens (tertiary/aromatic N) is 1. The van der Waals surface area contributed by atoms with Crippen molar-refractivity contribution in [2.45, 2.75) is 18.9 Å². The van der Waals surface area contributed by atoms with E-state index in [0.717, 1.165) is 49.6 Å². The summed E-state index contributed by atoms with van der Waals surface area (Å²) < 4.78 is 6.01. The van der Waals surface area contributed by atoms with E-state index in [1.54, 1.807) is 0 Å². The zero-order chi connectivity index (χ0) is 17.8. The molecule has 2 N–H and O–H groups in total. The molecule has 1 unspecified atom stereocenters. The topological polar surface area (TPSA) is 53.6 Å². The molecular weight excluding hydrogens is 326 g/mol. The Balaban J connectivity index is 1.35. The summed E-state index contributed by atoms with van der Waals surface area (Å²) in [4.78, 5) is 13.9. The van der Waals surface area contributed by atoms with E-state index in [-0.39, 0.29) is 5.91 Å². The average molecular weight is 351 g/mol. The van der Waals surface area contributed by atoms with E-state index >= 15 is 0 Å². The lowest BCUT2D eigenvalue weighted by Crippen LogP contribution is -2.47. The van der Waals surface area contributed by atoms with Crippen molar-refractivity contribution in [3.8, 4) is 5.75 Å². The number of nitrogens with one attached hydrogen (secondary N) is 2. The number of hydrogen-bond acceptors (Lipinski definition) is 4. The van der Waals surface area contributed by atoms with Gasteiger partial charge >= 0.3 is 0 Å². The molecule has 2 aliphatic rings. The zero-order valence-electron chi connectivity index (χ0n) is 14.9. The quantitative estimate of drug-likeness (QED) is 0.869. The molecule has 0 aromatic heterocycles. The molecule has 2 aromatic carbocycles. The monoisotopic (exact) mass is 351 g/mol. The van der Waals surface area contributed by atoms with Gasteiger partial charge in [-0.2, -0.15) is 0 Å². The van der Waals surface area contributed by atoms with Gasteiger partial charge in [-0.1, -0.05) is 30.3 Å². The molecule has 1 atom stereocenters. The first-order chi connectivity index (χ1) is 12.8. The first-order valence-electron chi connectivity index (χ1n) is 9.35. The Hall–Kier alpha value is -2.37. The van der Waals surface area contributed by atoms with Crippen molar-refractivity contribution in [2.24, 2.45) is 0 Å². The number of anilines is 1. The maximum Gasteiger partial charge on any atom is 0.224 e. The van der Waals surface area contributed by atoms with Crippen LogP contribution in [0.3, 0.4) is 0 Å². The molecule has 2 heterocycles. The van der Waals surface area contributed by atoms with Gasteiger partial charge in [-0.15, -0.1) is 0 Å². The van der Waals surface area contributed by atoms with E-state index in [1.807, 2.05) is 12.1 Å². The lowest BCUT2D eigenvalue weighted by atomic mass is 10.0. The molecule has 0 saturated carbocycles. The first kappa shape index (κ1) is 17.1. The van der Waals surface area contributed by atoms with Gasteiger partial charge in [0.15, 0.2) is 0 Å². The second kappa shape index (κ2) is 7.89. The molecule has 2 aliphatic heterocycles. The van der Waals surface area contributed by atoms with Gasteiger partial charge in [0.25, 0.3) is 0 Å². The number of amides is 1. The summed E-state index contributed by atoms with van der Waals surface area (Å²) in [6.45, 7) is 4.58. The van der Waals surface area contributed by atoms with Gasteiger partial charge in [-0.05, 0) is 35.7 Å². The van der Waals surface area contributed by atoms with E-state index in [2.05, 4.69) is 51.9 Å². The Labute approximate surface area is 154 Å². The molecule has 5 heteroatoms. The van der Waals surface area contributed by atoms with Crippen LogP contribution in [0.15, 0.2) is 48.5 Å². The molecule has 4 rings (SSSR count). The highest BCUT2D eigenvalue weighted by Gasteiger charge is 2.23. The van der Waals surface area contributed by atoms with E-state index in [9.17, 15) is 4.79 Å². The lowest BCUT2D eigenvalue weighted by Gasteiger charge is -2.36. The van der Waals surface area contributed by atoms with Crippen molar-refractivity contribution >= 4 is 11.6 Å². The Kier molecular flexibility index (Phi) is 5.18. The highest BCUT2D eigenvalue weighted by atomic mass is 16.5. The van der Waals surface area contributed by atoms with Crippen LogP contribution in [0.4, 0.5) is 5.69 Å². The molecule has 0 spiro atoms. The Morgan fingerprint density at radius 2 is 2.00 bits per heavy atom. The summed E-state index contributed by atoms with van der Waals surface area (Å²) in [6.07, 6.45) is 1.34. The van der Waals surface area contributed by atoms with E-state index in [1.165, 1.54) is 5.56 Å². The normalized spacial score (nSPS) is 20.3. The molecular formula is C21H25N3O2. The third-order valence-corrected chi connectivity index (χ3v) is 5.16. The second-order valence-corrected chi connectivity index (χ2v) is 6.88. The molecule has 1 amide bonds. The van der Waals surface area contributed by atoms with Crippen molar-refractivity contribution in [3.05, 3.63) is 59.7 Å². The number of piperazine rings is 1. The number of hydrogen-bond donors (Lipinski definition) is 2. The van der Waals surface area contributed by atoms with Crippen molar-refractivity contribution in [1.82, 2.24) is 10.2 Å². The molecule has 0 radical (unpaired) electrons. The highest BCUT2D eigenvalue weighted by Crippen LogP contribution is 2.27. The van der Waals surface area contributed by atoms with Gasteiger partial charge in [-0.3, -0.25) is 9.69 Å². The molecule has 2 aromatic rings. The van der Waals surface area contributed by atoms with E-state index in [4.69, 9.17) is 4.74 Å². The van der Waals surface area contributed by atoms with E-state index < -0.39 is 0 Å². The van der Waals surface area contributed by atoms with Gasteiger partial charge < -0.3 is 15.4 Å². The van der Waals surface area contributed by atoms with Gasteiger partial charge in [0.05, 0.1) is 0 Å². The van der Waals surface area contributed by atoms with Crippen molar-refractivity contribution < 1.29 is 9.53 Å². The van der Waals surface area contributed by atoms with Crippen molar-refractivity contribution in [1.29, 1.82) is 0 Å². The van der Waals surface area contributed by atoms with Crippen LogP contribution in [0.1, 0.15) is 23.6 Å². The summed E-state index contributed by atoms with van der Waals surface area (Å²) in [7, 11) is 0. The fraction of sp³-hybridized carbons (Fsp3) is 0.381. The average Bonchev–Trinajstić information content (AvgIpc) is 2.69.